The van der Waals surface area contributed by atoms with Crippen LogP contribution in [0.2, 0.25) is 0 Å². The van der Waals surface area contributed by atoms with Gasteiger partial charge in [0, 0.05) is 24.7 Å². The molecule has 0 unspecified atom stereocenters. The fourth-order valence-corrected chi connectivity index (χ4v) is 3.18. The van der Waals surface area contributed by atoms with E-state index in [1.807, 2.05) is 31.2 Å². The number of carbonyl (C=O) groups excluding carboxylic acids is 3. The summed E-state index contributed by atoms with van der Waals surface area (Å²) in [6.45, 7) is 3.53. The zero-order valence-electron chi connectivity index (χ0n) is 16.7. The van der Waals surface area contributed by atoms with Crippen LogP contribution in [0, 0.1) is 17.6 Å². The zero-order valence-corrected chi connectivity index (χ0v) is 16.7. The van der Waals surface area contributed by atoms with Crippen LogP contribution in [0.3, 0.4) is 0 Å². The molecule has 3 rings (SSSR count). The van der Waals surface area contributed by atoms with Crippen LogP contribution in [-0.4, -0.2) is 30.4 Å². The molecule has 6 nitrogen and oxygen atoms in total. The quantitative estimate of drug-likeness (QED) is 0.732. The van der Waals surface area contributed by atoms with E-state index in [9.17, 15) is 23.2 Å². The summed E-state index contributed by atoms with van der Waals surface area (Å²) < 4.78 is 31.8. The largest absolute Gasteiger partial charge is 0.452 e. The number of aryl methyl sites for hydroxylation is 1. The van der Waals surface area contributed by atoms with E-state index in [0.717, 1.165) is 24.1 Å². The molecule has 8 heteroatoms. The Morgan fingerprint density at radius 3 is 2.53 bits per heavy atom. The Morgan fingerprint density at radius 1 is 1.20 bits per heavy atom. The molecule has 1 fully saturated rings. The molecule has 30 heavy (non-hydrogen) atoms. The van der Waals surface area contributed by atoms with Crippen molar-refractivity contribution in [3.05, 3.63) is 59.7 Å². The summed E-state index contributed by atoms with van der Waals surface area (Å²) in [5.41, 5.74) is 1.62. The van der Waals surface area contributed by atoms with Crippen molar-refractivity contribution >= 4 is 29.2 Å². The Hall–Kier alpha value is -3.29. The SMILES string of the molecule is CCc1ccc(N2C[C@@H](C(=O)O[C@@H](C)C(=O)Nc3ccc(F)cc3F)CC2=O)cc1. The van der Waals surface area contributed by atoms with E-state index < -0.39 is 35.5 Å². The Kier molecular flexibility index (Phi) is 6.44. The van der Waals surface area contributed by atoms with Gasteiger partial charge in [-0.15, -0.1) is 0 Å². The molecule has 2 atom stereocenters. The van der Waals surface area contributed by atoms with Gasteiger partial charge in [0.1, 0.15) is 11.6 Å². The molecule has 2 aromatic carbocycles. The lowest BCUT2D eigenvalue weighted by molar-refractivity contribution is -0.157. The van der Waals surface area contributed by atoms with Crippen LogP contribution >= 0.6 is 0 Å². The van der Waals surface area contributed by atoms with Gasteiger partial charge in [-0.05, 0) is 43.2 Å². The number of ether oxygens (including phenoxy) is 1. The standard InChI is InChI=1S/C22H22F2N2O4/c1-3-14-4-7-17(8-5-14)26-12-15(10-20(26)27)22(29)30-13(2)21(28)25-19-9-6-16(23)11-18(19)24/h4-9,11,13,15H,3,10,12H2,1-2H3,(H,25,28)/t13-,15-/m0/s1. The minimum atomic E-state index is -1.21. The topological polar surface area (TPSA) is 75.7 Å². The fraction of sp³-hybridized carbons (Fsp3) is 0.318. The number of hydrogen-bond acceptors (Lipinski definition) is 4. The van der Waals surface area contributed by atoms with Gasteiger partial charge in [-0.25, -0.2) is 8.78 Å². The number of esters is 1. The number of hydrogen-bond donors (Lipinski definition) is 1. The van der Waals surface area contributed by atoms with Crippen LogP contribution in [0.25, 0.3) is 0 Å². The van der Waals surface area contributed by atoms with Crippen molar-refractivity contribution in [2.24, 2.45) is 5.92 Å². The van der Waals surface area contributed by atoms with Gasteiger partial charge >= 0.3 is 5.97 Å². The molecule has 158 valence electrons. The molecule has 0 spiro atoms. The van der Waals surface area contributed by atoms with Gasteiger partial charge < -0.3 is 15.0 Å². The molecule has 1 N–H and O–H groups in total. The first kappa shape index (κ1) is 21.4. The first-order valence-electron chi connectivity index (χ1n) is 9.64. The first-order chi connectivity index (χ1) is 14.3. The minimum absolute atomic E-state index is 0.0186. The Bertz CT molecular complexity index is 962. The number of rotatable bonds is 6. The third-order valence-electron chi connectivity index (χ3n) is 4.97. The predicted molar refractivity (Wildman–Crippen MR) is 107 cm³/mol. The molecule has 1 aliphatic heterocycles. The number of amides is 2. The monoisotopic (exact) mass is 416 g/mol. The molecule has 0 saturated carbocycles. The number of anilines is 2. The molecule has 1 saturated heterocycles. The van der Waals surface area contributed by atoms with Crippen molar-refractivity contribution in [3.63, 3.8) is 0 Å². The molecule has 0 aromatic heterocycles. The van der Waals surface area contributed by atoms with E-state index in [-0.39, 0.29) is 24.6 Å². The smallest absolute Gasteiger partial charge is 0.312 e. The van der Waals surface area contributed by atoms with Gasteiger partial charge in [0.15, 0.2) is 6.10 Å². The molecular weight excluding hydrogens is 394 g/mol. The summed E-state index contributed by atoms with van der Waals surface area (Å²) in [5.74, 6) is -4.06. The third kappa shape index (κ3) is 4.82. The summed E-state index contributed by atoms with van der Waals surface area (Å²) >= 11 is 0. The minimum Gasteiger partial charge on any atom is -0.452 e. The second-order valence-corrected chi connectivity index (χ2v) is 7.12. The number of halogens is 2. The highest BCUT2D eigenvalue weighted by Gasteiger charge is 2.37. The van der Waals surface area contributed by atoms with Gasteiger partial charge in [-0.2, -0.15) is 0 Å². The number of nitrogens with zero attached hydrogens (tertiary/aromatic N) is 1. The van der Waals surface area contributed by atoms with Crippen molar-refractivity contribution in [3.8, 4) is 0 Å². The van der Waals surface area contributed by atoms with E-state index in [0.29, 0.717) is 11.8 Å². The zero-order chi connectivity index (χ0) is 21.8. The van der Waals surface area contributed by atoms with Gasteiger partial charge in [0.2, 0.25) is 5.91 Å². The summed E-state index contributed by atoms with van der Waals surface area (Å²) in [6, 6.07) is 10.2. The normalized spacial score (nSPS) is 17.0. The maximum atomic E-state index is 13.7. The second-order valence-electron chi connectivity index (χ2n) is 7.12. The molecular formula is C22H22F2N2O4. The highest BCUT2D eigenvalue weighted by Crippen LogP contribution is 2.26. The first-order valence-corrected chi connectivity index (χ1v) is 9.64. The van der Waals surface area contributed by atoms with Crippen molar-refractivity contribution in [2.75, 3.05) is 16.8 Å². The average molecular weight is 416 g/mol. The summed E-state index contributed by atoms with van der Waals surface area (Å²) in [6.07, 6.45) is -0.352. The van der Waals surface area contributed by atoms with Gasteiger partial charge in [-0.3, -0.25) is 14.4 Å². The van der Waals surface area contributed by atoms with E-state index in [4.69, 9.17) is 4.74 Å². The van der Waals surface area contributed by atoms with E-state index >= 15 is 0 Å². The molecule has 0 bridgehead atoms. The van der Waals surface area contributed by atoms with Crippen LogP contribution in [0.5, 0.6) is 0 Å². The Morgan fingerprint density at radius 2 is 1.90 bits per heavy atom. The molecule has 0 aliphatic carbocycles. The lowest BCUT2D eigenvalue weighted by Gasteiger charge is -2.18. The van der Waals surface area contributed by atoms with Crippen LogP contribution in [0.15, 0.2) is 42.5 Å². The fourth-order valence-electron chi connectivity index (χ4n) is 3.18. The van der Waals surface area contributed by atoms with Crippen LogP contribution < -0.4 is 10.2 Å². The van der Waals surface area contributed by atoms with Gasteiger partial charge in [-0.1, -0.05) is 19.1 Å². The predicted octanol–water partition coefficient (Wildman–Crippen LogP) is 3.45. The molecule has 1 aliphatic rings. The average Bonchev–Trinajstić information content (AvgIpc) is 3.11. The Balaban J connectivity index is 1.58. The van der Waals surface area contributed by atoms with E-state index in [1.54, 1.807) is 0 Å². The second kappa shape index (κ2) is 9.02. The lowest BCUT2D eigenvalue weighted by Crippen LogP contribution is -2.33. The Labute approximate surface area is 172 Å². The highest BCUT2D eigenvalue weighted by atomic mass is 19.1. The molecule has 1 heterocycles. The third-order valence-corrected chi connectivity index (χ3v) is 4.97. The lowest BCUT2D eigenvalue weighted by atomic mass is 10.1. The number of benzene rings is 2. The van der Waals surface area contributed by atoms with Crippen molar-refractivity contribution < 1.29 is 27.9 Å². The van der Waals surface area contributed by atoms with E-state index in [2.05, 4.69) is 5.32 Å². The summed E-state index contributed by atoms with van der Waals surface area (Å²) in [7, 11) is 0. The van der Waals surface area contributed by atoms with Crippen molar-refractivity contribution in [1.29, 1.82) is 0 Å². The molecule has 2 amide bonds. The molecule has 0 radical (unpaired) electrons. The maximum Gasteiger partial charge on any atom is 0.312 e. The van der Waals surface area contributed by atoms with Crippen molar-refractivity contribution in [1.82, 2.24) is 0 Å². The van der Waals surface area contributed by atoms with Gasteiger partial charge in [0.05, 0.1) is 11.6 Å². The van der Waals surface area contributed by atoms with Gasteiger partial charge in [0.25, 0.3) is 5.91 Å². The molecule has 2 aromatic rings. The summed E-state index contributed by atoms with van der Waals surface area (Å²) in [5, 5.41) is 2.25. The van der Waals surface area contributed by atoms with Crippen LogP contribution in [0.4, 0.5) is 20.2 Å². The van der Waals surface area contributed by atoms with Crippen LogP contribution in [-0.2, 0) is 25.5 Å². The maximum absolute atomic E-state index is 13.7. The highest BCUT2D eigenvalue weighted by molar-refractivity contribution is 6.00. The van der Waals surface area contributed by atoms with Crippen LogP contribution in [0.1, 0.15) is 25.8 Å². The van der Waals surface area contributed by atoms with Crippen molar-refractivity contribution in [2.45, 2.75) is 32.8 Å². The number of nitrogens with one attached hydrogen (secondary N) is 1. The number of carbonyl (C=O) groups is 3. The van der Waals surface area contributed by atoms with E-state index in [1.165, 1.54) is 11.8 Å². The summed E-state index contributed by atoms with van der Waals surface area (Å²) in [4.78, 5) is 38.5.